The van der Waals surface area contributed by atoms with Crippen molar-refractivity contribution in [3.05, 3.63) is 105 Å². The Morgan fingerprint density at radius 2 is 1.47 bits per heavy atom. The van der Waals surface area contributed by atoms with Crippen molar-refractivity contribution in [3.8, 4) is 12.1 Å². The molecule has 11 nitrogen and oxygen atoms in total. The van der Waals surface area contributed by atoms with Crippen LogP contribution in [0.2, 0.25) is 0 Å². The second-order valence-electron chi connectivity index (χ2n) is 7.12. The molecule has 1 unspecified atom stereocenters. The molecule has 0 amide bonds. The molecule has 166 valence electrons. The molecule has 34 heavy (non-hydrogen) atoms. The van der Waals surface area contributed by atoms with Gasteiger partial charge in [-0.25, -0.2) is 0 Å². The van der Waals surface area contributed by atoms with Crippen LogP contribution < -0.4 is 20.5 Å². The third-order valence-corrected chi connectivity index (χ3v) is 6.34. The van der Waals surface area contributed by atoms with Gasteiger partial charge in [-0.1, -0.05) is 12.1 Å². The van der Waals surface area contributed by atoms with Crippen LogP contribution in [0.15, 0.2) is 58.9 Å². The molecule has 0 aliphatic carbocycles. The lowest BCUT2D eigenvalue weighted by Gasteiger charge is -2.22. The lowest BCUT2D eigenvalue weighted by molar-refractivity contribution is -0.385. The molecular formula is C22H12N6O5S. The Balaban J connectivity index is 1.95. The number of nitrogens with two attached hydrogens (primary N) is 1. The summed E-state index contributed by atoms with van der Waals surface area (Å²) in [6.45, 7) is 0. The molecule has 12 heteroatoms. The second-order valence-corrected chi connectivity index (χ2v) is 8.15. The highest BCUT2D eigenvalue weighted by molar-refractivity contribution is 7.07. The van der Waals surface area contributed by atoms with E-state index in [2.05, 4.69) is 6.07 Å². The van der Waals surface area contributed by atoms with Crippen LogP contribution in [0.4, 0.5) is 11.4 Å². The summed E-state index contributed by atoms with van der Waals surface area (Å²) in [6.07, 6.45) is 1.51. The van der Waals surface area contributed by atoms with E-state index in [1.165, 1.54) is 54.6 Å². The fraction of sp³-hybridized carbons (Fsp3) is 0.0455. The summed E-state index contributed by atoms with van der Waals surface area (Å²) in [5.74, 6) is -1.04. The van der Waals surface area contributed by atoms with Gasteiger partial charge < -0.3 is 5.73 Å². The van der Waals surface area contributed by atoms with Gasteiger partial charge in [0.25, 0.3) is 16.9 Å². The fourth-order valence-electron chi connectivity index (χ4n) is 3.62. The van der Waals surface area contributed by atoms with E-state index in [9.17, 15) is 35.5 Å². The van der Waals surface area contributed by atoms with E-state index in [-0.39, 0.29) is 37.5 Å². The van der Waals surface area contributed by atoms with E-state index in [0.29, 0.717) is 11.1 Å². The quantitative estimate of drug-likeness (QED) is 0.439. The Bertz CT molecular complexity index is 1650. The van der Waals surface area contributed by atoms with Crippen molar-refractivity contribution in [1.29, 1.82) is 10.5 Å². The minimum atomic E-state index is -0.902. The van der Waals surface area contributed by atoms with Crippen LogP contribution in [0.1, 0.15) is 17.0 Å². The van der Waals surface area contributed by atoms with E-state index in [0.717, 1.165) is 15.9 Å². The summed E-state index contributed by atoms with van der Waals surface area (Å²) in [5.41, 5.74) is 6.43. The van der Waals surface area contributed by atoms with Gasteiger partial charge in [0.1, 0.15) is 10.5 Å². The van der Waals surface area contributed by atoms with Gasteiger partial charge in [-0.3, -0.25) is 29.6 Å². The first-order valence-corrected chi connectivity index (χ1v) is 10.3. The van der Waals surface area contributed by atoms with E-state index in [4.69, 9.17) is 5.73 Å². The number of rotatable bonds is 4. The Kier molecular flexibility index (Phi) is 5.51. The zero-order valence-corrected chi connectivity index (χ0v) is 17.9. The summed E-state index contributed by atoms with van der Waals surface area (Å²) >= 11 is 0.992. The van der Waals surface area contributed by atoms with Crippen LogP contribution in [0, 0.1) is 42.9 Å². The molecule has 0 fully saturated rings. The van der Waals surface area contributed by atoms with Crippen LogP contribution in [-0.2, 0) is 0 Å². The average molecular weight is 472 g/mol. The predicted molar refractivity (Wildman–Crippen MR) is 122 cm³/mol. The highest BCUT2D eigenvalue weighted by atomic mass is 32.1. The maximum atomic E-state index is 13.1. The molecule has 0 bridgehead atoms. The summed E-state index contributed by atoms with van der Waals surface area (Å²) in [4.78, 5) is 33.8. The predicted octanol–water partition coefficient (Wildman–Crippen LogP) is 1.68. The highest BCUT2D eigenvalue weighted by Gasteiger charge is 2.32. The molecule has 1 aromatic heterocycles. The molecule has 0 saturated heterocycles. The van der Waals surface area contributed by atoms with E-state index >= 15 is 0 Å². The smallest absolute Gasteiger partial charge is 0.274 e. The van der Waals surface area contributed by atoms with Crippen molar-refractivity contribution in [2.24, 2.45) is 5.73 Å². The van der Waals surface area contributed by atoms with Crippen molar-refractivity contribution in [3.63, 3.8) is 0 Å². The molecule has 0 spiro atoms. The lowest BCUT2D eigenvalue weighted by atomic mass is 9.84. The molecule has 0 radical (unpaired) electrons. The van der Waals surface area contributed by atoms with Gasteiger partial charge >= 0.3 is 0 Å². The first kappa shape index (κ1) is 22.1. The molecule has 0 saturated carbocycles. The Morgan fingerprint density at radius 3 is 1.97 bits per heavy atom. The normalized spacial score (nSPS) is 15.4. The minimum Gasteiger partial charge on any atom is -0.384 e. The molecular weight excluding hydrogens is 460 g/mol. The monoisotopic (exact) mass is 472 g/mol. The molecule has 1 atom stereocenters. The van der Waals surface area contributed by atoms with Gasteiger partial charge in [-0.05, 0) is 29.3 Å². The van der Waals surface area contributed by atoms with Crippen molar-refractivity contribution >= 4 is 40.2 Å². The molecule has 3 aromatic rings. The number of hydrogen-bond acceptors (Lipinski definition) is 9. The zero-order chi connectivity index (χ0) is 24.6. The van der Waals surface area contributed by atoms with Crippen LogP contribution in [0.25, 0.3) is 17.5 Å². The first-order valence-electron chi connectivity index (χ1n) is 9.53. The second kappa shape index (κ2) is 8.46. The number of fused-ring (bicyclic) bond motifs is 1. The van der Waals surface area contributed by atoms with Crippen LogP contribution in [0.3, 0.4) is 0 Å². The maximum absolute atomic E-state index is 13.1. The Labute approximate surface area is 194 Å². The molecule has 2 heterocycles. The fourth-order valence-corrected chi connectivity index (χ4v) is 4.75. The number of hydrogen-bond donors (Lipinski definition) is 1. The SMILES string of the molecule is N#CC1=C(N)n2c(sc(=Cc3ccc([N+](=O)[O-])cc3)c2=O)=C(C#N)C1c1ccc([N+](=O)[O-])cc1. The van der Waals surface area contributed by atoms with Gasteiger partial charge in [-0.2, -0.15) is 10.5 Å². The third-order valence-electron chi connectivity index (χ3n) is 5.23. The van der Waals surface area contributed by atoms with Gasteiger partial charge in [0.05, 0.1) is 43.6 Å². The third kappa shape index (κ3) is 3.60. The maximum Gasteiger partial charge on any atom is 0.274 e. The molecule has 2 aromatic carbocycles. The highest BCUT2D eigenvalue weighted by Crippen LogP contribution is 2.36. The number of nitro groups is 2. The molecule has 1 aliphatic rings. The topological polar surface area (TPSA) is 182 Å². The summed E-state index contributed by atoms with van der Waals surface area (Å²) in [7, 11) is 0. The number of aromatic nitrogens is 1. The number of allylic oxidation sites excluding steroid dienone is 1. The van der Waals surface area contributed by atoms with Crippen LogP contribution >= 0.6 is 11.3 Å². The number of non-ortho nitro benzene ring substituents is 2. The van der Waals surface area contributed by atoms with Crippen LogP contribution in [-0.4, -0.2) is 14.4 Å². The number of nitro benzene ring substituents is 2. The van der Waals surface area contributed by atoms with Gasteiger partial charge in [0.15, 0.2) is 0 Å². The number of benzene rings is 2. The lowest BCUT2D eigenvalue weighted by Crippen LogP contribution is -2.38. The Morgan fingerprint density at radius 1 is 0.941 bits per heavy atom. The molecule has 4 rings (SSSR count). The van der Waals surface area contributed by atoms with Crippen molar-refractivity contribution in [2.45, 2.75) is 5.92 Å². The van der Waals surface area contributed by atoms with E-state index < -0.39 is 21.3 Å². The standard InChI is InChI=1S/C22H12N6O5S/c23-10-16-19(13-3-7-15(8-4-13)28(32)33)17(11-24)22-26(20(16)25)21(29)18(34-22)9-12-1-5-14(6-2-12)27(30)31/h1-9,19H,25H2. The van der Waals surface area contributed by atoms with Crippen molar-refractivity contribution in [1.82, 2.24) is 4.57 Å². The van der Waals surface area contributed by atoms with Gasteiger partial charge in [0, 0.05) is 24.3 Å². The van der Waals surface area contributed by atoms with Crippen molar-refractivity contribution < 1.29 is 9.85 Å². The van der Waals surface area contributed by atoms with Crippen molar-refractivity contribution in [2.75, 3.05) is 0 Å². The Hall–Kier alpha value is -5.07. The van der Waals surface area contributed by atoms with E-state index in [1.807, 2.05) is 6.07 Å². The minimum absolute atomic E-state index is 0.0281. The largest absolute Gasteiger partial charge is 0.384 e. The first-order chi connectivity index (χ1) is 16.3. The average Bonchev–Trinajstić information content (AvgIpc) is 3.15. The summed E-state index contributed by atoms with van der Waals surface area (Å²) in [5, 5.41) is 41.6. The summed E-state index contributed by atoms with van der Waals surface area (Å²) < 4.78 is 1.54. The van der Waals surface area contributed by atoms with Gasteiger partial charge in [0.2, 0.25) is 0 Å². The zero-order valence-electron chi connectivity index (χ0n) is 17.0. The van der Waals surface area contributed by atoms with Crippen LogP contribution in [0.5, 0.6) is 0 Å². The molecule has 2 N–H and O–H groups in total. The number of thiazole rings is 1. The van der Waals surface area contributed by atoms with E-state index in [1.54, 1.807) is 0 Å². The summed E-state index contributed by atoms with van der Waals surface area (Å²) in [6, 6.07) is 15.0. The number of nitriles is 2. The van der Waals surface area contributed by atoms with Gasteiger partial charge in [-0.15, -0.1) is 11.3 Å². The number of nitrogens with zero attached hydrogens (tertiary/aromatic N) is 5. The molecule has 1 aliphatic heterocycles.